The lowest BCUT2D eigenvalue weighted by Crippen LogP contribution is -2.27. The number of nitrogens with zero attached hydrogens (tertiary/aromatic N) is 3. The van der Waals surface area contributed by atoms with Crippen LogP contribution in [0.15, 0.2) is 51.9 Å². The molecule has 31 heavy (non-hydrogen) atoms. The molecule has 0 saturated heterocycles. The summed E-state index contributed by atoms with van der Waals surface area (Å²) in [6.07, 6.45) is 0.275. The molecule has 3 rings (SSSR count). The molecule has 0 aliphatic rings. The van der Waals surface area contributed by atoms with Gasteiger partial charge >= 0.3 is 0 Å². The van der Waals surface area contributed by atoms with Crippen molar-refractivity contribution in [3.05, 3.63) is 65.3 Å². The number of aromatic nitrogens is 2. The Morgan fingerprint density at radius 1 is 1.19 bits per heavy atom. The molecule has 2 aromatic carbocycles. The van der Waals surface area contributed by atoms with Crippen LogP contribution in [0.1, 0.15) is 23.4 Å². The molecule has 1 heterocycles. The highest BCUT2D eigenvalue weighted by molar-refractivity contribution is 7.89. The van der Waals surface area contributed by atoms with Crippen LogP contribution in [0.25, 0.3) is 11.4 Å². The Labute approximate surface area is 180 Å². The molecular formula is C21H23FN4O4S. The highest BCUT2D eigenvalue weighted by Gasteiger charge is 2.21. The lowest BCUT2D eigenvalue weighted by atomic mass is 10.1. The fourth-order valence-corrected chi connectivity index (χ4v) is 3.92. The molecule has 1 amide bonds. The molecule has 0 atom stereocenters. The summed E-state index contributed by atoms with van der Waals surface area (Å²) in [6.45, 7) is 1.73. The van der Waals surface area contributed by atoms with Crippen molar-refractivity contribution in [2.75, 3.05) is 14.1 Å². The first-order valence-corrected chi connectivity index (χ1v) is 11.0. The van der Waals surface area contributed by atoms with Crippen LogP contribution < -0.4 is 5.32 Å². The van der Waals surface area contributed by atoms with E-state index in [4.69, 9.17) is 4.52 Å². The van der Waals surface area contributed by atoms with Gasteiger partial charge in [0.1, 0.15) is 5.82 Å². The number of carbonyl (C=O) groups excluding carboxylic acids is 1. The second-order valence-corrected chi connectivity index (χ2v) is 9.27. The molecule has 0 saturated carbocycles. The van der Waals surface area contributed by atoms with Crippen molar-refractivity contribution in [1.82, 2.24) is 19.8 Å². The molecule has 164 valence electrons. The van der Waals surface area contributed by atoms with E-state index in [-0.39, 0.29) is 47.7 Å². The summed E-state index contributed by atoms with van der Waals surface area (Å²) in [5.74, 6) is -0.156. The van der Waals surface area contributed by atoms with Crippen molar-refractivity contribution < 1.29 is 22.1 Å². The number of nitrogens with one attached hydrogen (secondary N) is 1. The third-order valence-corrected chi connectivity index (χ3v) is 6.59. The monoisotopic (exact) mass is 446 g/mol. The SMILES string of the molecule is Cc1ccc(-c2noc(CCC(=O)NCc3ccccc3S(=O)(=O)N(C)C)n2)cc1F. The molecule has 0 spiro atoms. The summed E-state index contributed by atoms with van der Waals surface area (Å²) in [5, 5.41) is 6.54. The van der Waals surface area contributed by atoms with Gasteiger partial charge < -0.3 is 9.84 Å². The molecule has 1 N–H and O–H groups in total. The standard InChI is InChI=1S/C21H23FN4O4S/c1-14-8-9-15(12-17(14)22)21-24-20(30-25-21)11-10-19(27)23-13-16-6-4-5-7-18(16)31(28,29)26(2)3/h4-9,12H,10-11,13H2,1-3H3,(H,23,27). The number of sulfonamides is 1. The van der Waals surface area contributed by atoms with Gasteiger partial charge in [0.25, 0.3) is 0 Å². The zero-order chi connectivity index (χ0) is 22.6. The normalized spacial score (nSPS) is 11.6. The predicted molar refractivity (Wildman–Crippen MR) is 112 cm³/mol. The van der Waals surface area contributed by atoms with Gasteiger partial charge in [0.15, 0.2) is 0 Å². The summed E-state index contributed by atoms with van der Waals surface area (Å²) in [6, 6.07) is 11.2. The Kier molecular flexibility index (Phi) is 6.81. The lowest BCUT2D eigenvalue weighted by Gasteiger charge is -2.15. The van der Waals surface area contributed by atoms with Crippen molar-refractivity contribution in [3.63, 3.8) is 0 Å². The van der Waals surface area contributed by atoms with E-state index in [1.165, 1.54) is 26.2 Å². The van der Waals surface area contributed by atoms with Crippen molar-refractivity contribution in [3.8, 4) is 11.4 Å². The van der Waals surface area contributed by atoms with Gasteiger partial charge in [-0.2, -0.15) is 4.98 Å². The number of amides is 1. The number of rotatable bonds is 8. The van der Waals surface area contributed by atoms with Crippen molar-refractivity contribution in [2.45, 2.75) is 31.2 Å². The second kappa shape index (κ2) is 9.36. The molecule has 3 aromatic rings. The molecule has 10 heteroatoms. The van der Waals surface area contributed by atoms with Crippen LogP contribution in [0.4, 0.5) is 4.39 Å². The van der Waals surface area contributed by atoms with Crippen molar-refractivity contribution >= 4 is 15.9 Å². The van der Waals surface area contributed by atoms with Gasteiger partial charge in [0, 0.05) is 39.0 Å². The van der Waals surface area contributed by atoms with E-state index in [0.29, 0.717) is 16.7 Å². The maximum absolute atomic E-state index is 13.7. The Morgan fingerprint density at radius 3 is 2.65 bits per heavy atom. The molecule has 0 fully saturated rings. The lowest BCUT2D eigenvalue weighted by molar-refractivity contribution is -0.121. The van der Waals surface area contributed by atoms with Crippen LogP contribution in [0.2, 0.25) is 0 Å². The Bertz CT molecular complexity index is 1190. The van der Waals surface area contributed by atoms with Crippen LogP contribution in [0.3, 0.4) is 0 Å². The maximum atomic E-state index is 13.7. The number of aryl methyl sites for hydroxylation is 2. The van der Waals surface area contributed by atoms with E-state index in [1.807, 2.05) is 0 Å². The quantitative estimate of drug-likeness (QED) is 0.570. The zero-order valence-electron chi connectivity index (χ0n) is 17.4. The van der Waals surface area contributed by atoms with Gasteiger partial charge in [-0.05, 0) is 30.2 Å². The minimum atomic E-state index is -3.62. The molecule has 8 nitrogen and oxygen atoms in total. The molecule has 0 bridgehead atoms. The summed E-state index contributed by atoms with van der Waals surface area (Å²) in [4.78, 5) is 16.6. The molecule has 0 aliphatic carbocycles. The summed E-state index contributed by atoms with van der Waals surface area (Å²) in [5.41, 5.74) is 1.50. The predicted octanol–water partition coefficient (Wildman–Crippen LogP) is 2.68. The fourth-order valence-electron chi connectivity index (χ4n) is 2.81. The topological polar surface area (TPSA) is 105 Å². The van der Waals surface area contributed by atoms with Gasteiger partial charge in [-0.15, -0.1) is 0 Å². The molecular weight excluding hydrogens is 423 g/mol. The Balaban J connectivity index is 1.59. The van der Waals surface area contributed by atoms with Crippen LogP contribution >= 0.6 is 0 Å². The highest BCUT2D eigenvalue weighted by Crippen LogP contribution is 2.20. The molecule has 1 aromatic heterocycles. The third kappa shape index (κ3) is 5.33. The second-order valence-electron chi connectivity index (χ2n) is 7.15. The highest BCUT2D eigenvalue weighted by atomic mass is 32.2. The largest absolute Gasteiger partial charge is 0.352 e. The average molecular weight is 447 g/mol. The van der Waals surface area contributed by atoms with Crippen LogP contribution in [0.5, 0.6) is 0 Å². The maximum Gasteiger partial charge on any atom is 0.242 e. The van der Waals surface area contributed by atoms with Gasteiger partial charge in [-0.1, -0.05) is 35.5 Å². The number of carbonyl (C=O) groups is 1. The van der Waals surface area contributed by atoms with E-state index < -0.39 is 10.0 Å². The first-order valence-electron chi connectivity index (χ1n) is 9.54. The van der Waals surface area contributed by atoms with Crippen molar-refractivity contribution in [1.29, 1.82) is 0 Å². The van der Waals surface area contributed by atoms with E-state index >= 15 is 0 Å². The van der Waals surface area contributed by atoms with Crippen LogP contribution in [-0.2, 0) is 27.8 Å². The molecule has 0 unspecified atom stereocenters. The summed E-state index contributed by atoms with van der Waals surface area (Å²) >= 11 is 0. The third-order valence-electron chi connectivity index (χ3n) is 4.67. The van der Waals surface area contributed by atoms with Gasteiger partial charge in [0.2, 0.25) is 27.6 Å². The van der Waals surface area contributed by atoms with E-state index in [1.54, 1.807) is 37.3 Å². The summed E-state index contributed by atoms with van der Waals surface area (Å²) in [7, 11) is -0.713. The van der Waals surface area contributed by atoms with Gasteiger partial charge in [-0.25, -0.2) is 17.1 Å². The fraction of sp³-hybridized carbons (Fsp3) is 0.286. The van der Waals surface area contributed by atoms with E-state index in [2.05, 4.69) is 15.5 Å². The van der Waals surface area contributed by atoms with Crippen molar-refractivity contribution in [2.24, 2.45) is 0 Å². The first kappa shape index (κ1) is 22.6. The number of hydrogen-bond acceptors (Lipinski definition) is 6. The van der Waals surface area contributed by atoms with Gasteiger partial charge in [-0.3, -0.25) is 4.79 Å². The van der Waals surface area contributed by atoms with Crippen LogP contribution in [-0.4, -0.2) is 42.9 Å². The smallest absolute Gasteiger partial charge is 0.242 e. The van der Waals surface area contributed by atoms with E-state index in [0.717, 1.165) is 4.31 Å². The Morgan fingerprint density at radius 2 is 1.94 bits per heavy atom. The molecule has 0 aliphatic heterocycles. The van der Waals surface area contributed by atoms with Crippen LogP contribution in [0, 0.1) is 12.7 Å². The van der Waals surface area contributed by atoms with E-state index in [9.17, 15) is 17.6 Å². The number of benzene rings is 2. The Hall–Kier alpha value is -3.11. The first-order chi connectivity index (χ1) is 14.7. The molecule has 0 radical (unpaired) electrons. The summed E-state index contributed by atoms with van der Waals surface area (Å²) < 4.78 is 44.8. The van der Waals surface area contributed by atoms with Gasteiger partial charge in [0.05, 0.1) is 4.90 Å². The minimum Gasteiger partial charge on any atom is -0.352 e. The average Bonchev–Trinajstić information content (AvgIpc) is 3.22. The number of halogens is 1. The zero-order valence-corrected chi connectivity index (χ0v) is 18.2. The minimum absolute atomic E-state index is 0.0692. The number of hydrogen-bond donors (Lipinski definition) is 1.